The number of hydrogen-bond acceptors (Lipinski definition) is 2. The molecule has 19 heavy (non-hydrogen) atoms. The van der Waals surface area contributed by atoms with E-state index < -0.39 is 0 Å². The Balaban J connectivity index is 2.03. The van der Waals surface area contributed by atoms with E-state index in [9.17, 15) is 9.59 Å². The zero-order chi connectivity index (χ0) is 13.7. The maximum absolute atomic E-state index is 12.1. The molecule has 0 bridgehead atoms. The second-order valence-corrected chi connectivity index (χ2v) is 4.55. The maximum Gasteiger partial charge on any atom is 0.247 e. The van der Waals surface area contributed by atoms with E-state index in [2.05, 4.69) is 5.32 Å². The average molecular weight is 258 g/mol. The van der Waals surface area contributed by atoms with Crippen molar-refractivity contribution < 1.29 is 9.59 Å². The van der Waals surface area contributed by atoms with Gasteiger partial charge in [-0.15, -0.1) is 0 Å². The molecule has 0 saturated carbocycles. The van der Waals surface area contributed by atoms with E-state index >= 15 is 0 Å². The molecular weight excluding hydrogens is 240 g/mol. The number of rotatable bonds is 3. The van der Waals surface area contributed by atoms with Crippen molar-refractivity contribution in [2.24, 2.45) is 0 Å². The number of likely N-dealkylation sites (N-methyl/N-ethyl adjacent to an activating group) is 1. The van der Waals surface area contributed by atoms with Crippen molar-refractivity contribution in [2.45, 2.75) is 18.9 Å². The molecule has 0 aliphatic carbocycles. The normalized spacial score (nSPS) is 18.8. The number of amides is 2. The SMILES string of the molecule is CNC(=O)[C@@H]1CCCN1C(=O)/C=C/c1ccccc1. The summed E-state index contributed by atoms with van der Waals surface area (Å²) in [7, 11) is 1.60. The van der Waals surface area contributed by atoms with Crippen LogP contribution in [-0.4, -0.2) is 36.3 Å². The van der Waals surface area contributed by atoms with Gasteiger partial charge in [-0.05, 0) is 24.5 Å². The first kappa shape index (κ1) is 13.3. The lowest BCUT2D eigenvalue weighted by atomic mass is 10.2. The molecule has 1 N–H and O–H groups in total. The molecule has 1 atom stereocenters. The summed E-state index contributed by atoms with van der Waals surface area (Å²) in [6, 6.07) is 9.33. The molecule has 0 radical (unpaired) electrons. The summed E-state index contributed by atoms with van der Waals surface area (Å²) < 4.78 is 0. The molecule has 4 heteroatoms. The van der Waals surface area contributed by atoms with E-state index in [4.69, 9.17) is 0 Å². The average Bonchev–Trinajstić information content (AvgIpc) is 2.94. The molecule has 100 valence electrons. The van der Waals surface area contributed by atoms with Gasteiger partial charge in [0.1, 0.15) is 6.04 Å². The van der Waals surface area contributed by atoms with Gasteiger partial charge in [0.2, 0.25) is 11.8 Å². The molecule has 0 unspecified atom stereocenters. The van der Waals surface area contributed by atoms with Crippen LogP contribution < -0.4 is 5.32 Å². The third-order valence-electron chi connectivity index (χ3n) is 3.30. The van der Waals surface area contributed by atoms with Gasteiger partial charge in [-0.3, -0.25) is 9.59 Å². The number of benzene rings is 1. The second kappa shape index (κ2) is 6.18. The predicted octanol–water partition coefficient (Wildman–Crippen LogP) is 1.44. The van der Waals surface area contributed by atoms with Crippen LogP contribution in [0.4, 0.5) is 0 Å². The van der Waals surface area contributed by atoms with Gasteiger partial charge in [-0.25, -0.2) is 0 Å². The van der Waals surface area contributed by atoms with Crippen molar-refractivity contribution in [3.8, 4) is 0 Å². The Morgan fingerprint density at radius 3 is 2.74 bits per heavy atom. The molecule has 2 amide bonds. The highest BCUT2D eigenvalue weighted by Gasteiger charge is 2.32. The fourth-order valence-electron chi connectivity index (χ4n) is 2.30. The van der Waals surface area contributed by atoms with Gasteiger partial charge in [-0.1, -0.05) is 30.3 Å². The van der Waals surface area contributed by atoms with Crippen molar-refractivity contribution in [3.05, 3.63) is 42.0 Å². The molecule has 0 aromatic heterocycles. The monoisotopic (exact) mass is 258 g/mol. The number of carbonyl (C=O) groups is 2. The van der Waals surface area contributed by atoms with Crippen LogP contribution >= 0.6 is 0 Å². The molecular formula is C15H18N2O2. The molecule has 1 aromatic rings. The lowest BCUT2D eigenvalue weighted by Crippen LogP contribution is -2.44. The summed E-state index contributed by atoms with van der Waals surface area (Å²) in [5.41, 5.74) is 0.978. The van der Waals surface area contributed by atoms with Crippen LogP contribution in [0.25, 0.3) is 6.08 Å². The van der Waals surface area contributed by atoms with Gasteiger partial charge in [0.25, 0.3) is 0 Å². The molecule has 1 fully saturated rings. The third kappa shape index (κ3) is 3.22. The standard InChI is InChI=1S/C15H18N2O2/c1-16-15(19)13-8-5-11-17(13)14(18)10-9-12-6-3-2-4-7-12/h2-4,6-7,9-10,13H,5,8,11H2,1H3,(H,16,19)/b10-9+/t13-/m0/s1. The van der Waals surface area contributed by atoms with E-state index in [1.807, 2.05) is 30.3 Å². The first-order valence-electron chi connectivity index (χ1n) is 6.47. The van der Waals surface area contributed by atoms with Crippen molar-refractivity contribution in [3.63, 3.8) is 0 Å². The minimum absolute atomic E-state index is 0.0843. The van der Waals surface area contributed by atoms with Crippen LogP contribution in [0.2, 0.25) is 0 Å². The van der Waals surface area contributed by atoms with Gasteiger partial charge in [-0.2, -0.15) is 0 Å². The molecule has 0 spiro atoms. The Kier molecular flexibility index (Phi) is 4.34. The van der Waals surface area contributed by atoms with Gasteiger partial charge in [0, 0.05) is 19.7 Å². The molecule has 1 saturated heterocycles. The van der Waals surface area contributed by atoms with Crippen molar-refractivity contribution in [1.82, 2.24) is 10.2 Å². The number of hydrogen-bond donors (Lipinski definition) is 1. The Hall–Kier alpha value is -2.10. The summed E-state index contributed by atoms with van der Waals surface area (Å²) >= 11 is 0. The van der Waals surface area contributed by atoms with E-state index in [1.165, 1.54) is 6.08 Å². The van der Waals surface area contributed by atoms with E-state index in [0.29, 0.717) is 6.54 Å². The summed E-state index contributed by atoms with van der Waals surface area (Å²) in [5, 5.41) is 2.61. The lowest BCUT2D eigenvalue weighted by Gasteiger charge is -2.21. The summed E-state index contributed by atoms with van der Waals surface area (Å²) in [4.78, 5) is 25.4. The number of carbonyl (C=O) groups excluding carboxylic acids is 2. The predicted molar refractivity (Wildman–Crippen MR) is 74.3 cm³/mol. The van der Waals surface area contributed by atoms with Gasteiger partial charge in [0.15, 0.2) is 0 Å². The molecule has 4 nitrogen and oxygen atoms in total. The van der Waals surface area contributed by atoms with E-state index in [1.54, 1.807) is 18.0 Å². The van der Waals surface area contributed by atoms with Crippen LogP contribution in [0.15, 0.2) is 36.4 Å². The zero-order valence-electron chi connectivity index (χ0n) is 11.0. The topological polar surface area (TPSA) is 49.4 Å². The quantitative estimate of drug-likeness (QED) is 0.834. The minimum atomic E-state index is -0.321. The molecule has 1 aromatic carbocycles. The van der Waals surface area contributed by atoms with Crippen LogP contribution in [0.1, 0.15) is 18.4 Å². The van der Waals surface area contributed by atoms with Gasteiger partial charge >= 0.3 is 0 Å². The highest BCUT2D eigenvalue weighted by Crippen LogP contribution is 2.18. The fraction of sp³-hybridized carbons (Fsp3) is 0.333. The largest absolute Gasteiger partial charge is 0.357 e. The number of nitrogens with one attached hydrogen (secondary N) is 1. The molecule has 1 aliphatic heterocycles. The lowest BCUT2D eigenvalue weighted by molar-refractivity contribution is -0.134. The molecule has 2 rings (SSSR count). The van der Waals surface area contributed by atoms with Gasteiger partial charge < -0.3 is 10.2 Å². The van der Waals surface area contributed by atoms with Crippen molar-refractivity contribution >= 4 is 17.9 Å². The van der Waals surface area contributed by atoms with Crippen LogP contribution in [0.5, 0.6) is 0 Å². The van der Waals surface area contributed by atoms with Crippen LogP contribution in [0.3, 0.4) is 0 Å². The molecule has 1 heterocycles. The van der Waals surface area contributed by atoms with Crippen molar-refractivity contribution in [2.75, 3.05) is 13.6 Å². The van der Waals surface area contributed by atoms with Crippen LogP contribution in [0, 0.1) is 0 Å². The van der Waals surface area contributed by atoms with E-state index in [-0.39, 0.29) is 17.9 Å². The number of likely N-dealkylation sites (tertiary alicyclic amines) is 1. The minimum Gasteiger partial charge on any atom is -0.357 e. The highest BCUT2D eigenvalue weighted by molar-refractivity contribution is 5.95. The van der Waals surface area contributed by atoms with Crippen molar-refractivity contribution in [1.29, 1.82) is 0 Å². The fourth-order valence-corrected chi connectivity index (χ4v) is 2.30. The van der Waals surface area contributed by atoms with E-state index in [0.717, 1.165) is 18.4 Å². The van der Waals surface area contributed by atoms with Gasteiger partial charge in [0.05, 0.1) is 0 Å². The zero-order valence-corrected chi connectivity index (χ0v) is 11.0. The Morgan fingerprint density at radius 2 is 2.05 bits per heavy atom. The smallest absolute Gasteiger partial charge is 0.247 e. The molecule has 1 aliphatic rings. The Morgan fingerprint density at radius 1 is 1.32 bits per heavy atom. The Labute approximate surface area is 113 Å². The Bertz CT molecular complexity index is 482. The first-order chi connectivity index (χ1) is 9.22. The van der Waals surface area contributed by atoms with Crippen LogP contribution in [-0.2, 0) is 9.59 Å². The maximum atomic E-state index is 12.1. The number of nitrogens with zero attached hydrogens (tertiary/aromatic N) is 1. The summed E-state index contributed by atoms with van der Waals surface area (Å²) in [5.74, 6) is -0.186. The third-order valence-corrected chi connectivity index (χ3v) is 3.30. The second-order valence-electron chi connectivity index (χ2n) is 4.55. The highest BCUT2D eigenvalue weighted by atomic mass is 16.2. The first-order valence-corrected chi connectivity index (χ1v) is 6.47. The summed E-state index contributed by atoms with van der Waals surface area (Å²) in [6.07, 6.45) is 4.94. The summed E-state index contributed by atoms with van der Waals surface area (Å²) in [6.45, 7) is 0.649.